The molecule has 0 spiro atoms. The monoisotopic (exact) mass is 249 g/mol. The quantitative estimate of drug-likeness (QED) is 0.648. The SMILES string of the molecule is CC(C)(C)OC(=O)N[C@@H](CS)CCC(=O)O. The minimum absolute atomic E-state index is 0.00102. The Morgan fingerprint density at radius 3 is 2.38 bits per heavy atom. The molecule has 6 heteroatoms. The zero-order valence-electron chi connectivity index (χ0n) is 9.82. The minimum Gasteiger partial charge on any atom is -0.481 e. The molecular weight excluding hydrogens is 230 g/mol. The summed E-state index contributed by atoms with van der Waals surface area (Å²) in [6, 6.07) is -0.283. The van der Waals surface area contributed by atoms with Crippen LogP contribution in [0.2, 0.25) is 0 Å². The molecule has 0 fully saturated rings. The third kappa shape index (κ3) is 8.40. The fraction of sp³-hybridized carbons (Fsp3) is 0.800. The molecule has 0 aromatic heterocycles. The number of carbonyl (C=O) groups excluding carboxylic acids is 1. The lowest BCUT2D eigenvalue weighted by Gasteiger charge is -2.22. The van der Waals surface area contributed by atoms with Crippen molar-refractivity contribution in [3.05, 3.63) is 0 Å². The second kappa shape index (κ2) is 6.62. The summed E-state index contributed by atoms with van der Waals surface area (Å²) >= 11 is 4.04. The van der Waals surface area contributed by atoms with Crippen molar-refractivity contribution in [2.75, 3.05) is 5.75 Å². The zero-order valence-corrected chi connectivity index (χ0v) is 10.7. The molecule has 0 aromatic rings. The minimum atomic E-state index is -0.891. The van der Waals surface area contributed by atoms with E-state index >= 15 is 0 Å². The fourth-order valence-electron chi connectivity index (χ4n) is 0.981. The zero-order chi connectivity index (χ0) is 12.8. The predicted molar refractivity (Wildman–Crippen MR) is 63.9 cm³/mol. The molecule has 16 heavy (non-hydrogen) atoms. The number of hydrogen-bond donors (Lipinski definition) is 3. The maximum absolute atomic E-state index is 11.4. The number of amides is 1. The van der Waals surface area contributed by atoms with Gasteiger partial charge in [0.05, 0.1) is 0 Å². The van der Waals surface area contributed by atoms with Gasteiger partial charge in [0.1, 0.15) is 5.60 Å². The van der Waals surface area contributed by atoms with Crippen molar-refractivity contribution in [1.82, 2.24) is 5.32 Å². The van der Waals surface area contributed by atoms with Crippen LogP contribution >= 0.6 is 12.6 Å². The van der Waals surface area contributed by atoms with Crippen molar-refractivity contribution in [3.8, 4) is 0 Å². The molecule has 0 saturated heterocycles. The smallest absolute Gasteiger partial charge is 0.407 e. The maximum atomic E-state index is 11.4. The molecule has 1 amide bonds. The Labute approximate surface area is 101 Å². The lowest BCUT2D eigenvalue weighted by molar-refractivity contribution is -0.137. The van der Waals surface area contributed by atoms with Gasteiger partial charge >= 0.3 is 12.1 Å². The van der Waals surface area contributed by atoms with Crippen molar-refractivity contribution in [3.63, 3.8) is 0 Å². The highest BCUT2D eigenvalue weighted by Crippen LogP contribution is 2.08. The highest BCUT2D eigenvalue weighted by Gasteiger charge is 2.19. The van der Waals surface area contributed by atoms with Crippen molar-refractivity contribution in [2.45, 2.75) is 45.3 Å². The summed E-state index contributed by atoms with van der Waals surface area (Å²) in [4.78, 5) is 21.7. The van der Waals surface area contributed by atoms with Gasteiger partial charge in [-0.2, -0.15) is 12.6 Å². The number of carboxylic acids is 1. The van der Waals surface area contributed by atoms with Gasteiger partial charge in [-0.3, -0.25) is 4.79 Å². The van der Waals surface area contributed by atoms with Crippen LogP contribution in [-0.4, -0.2) is 34.6 Å². The normalized spacial score (nSPS) is 13.0. The van der Waals surface area contributed by atoms with Crippen molar-refractivity contribution < 1.29 is 19.4 Å². The van der Waals surface area contributed by atoms with Gasteiger partial charge in [0, 0.05) is 18.2 Å². The van der Waals surface area contributed by atoms with Gasteiger partial charge in [0.2, 0.25) is 0 Å². The predicted octanol–water partition coefficient (Wildman–Crippen LogP) is 1.67. The fourth-order valence-corrected chi connectivity index (χ4v) is 1.25. The van der Waals surface area contributed by atoms with Crippen LogP contribution in [0.15, 0.2) is 0 Å². The standard InChI is InChI=1S/C10H19NO4S/c1-10(2,3)15-9(14)11-7(6-16)4-5-8(12)13/h7,16H,4-6H2,1-3H3,(H,11,14)(H,12,13)/t7-/m1/s1. The molecule has 0 aliphatic heterocycles. The van der Waals surface area contributed by atoms with Crippen molar-refractivity contribution >= 4 is 24.7 Å². The summed E-state index contributed by atoms with van der Waals surface area (Å²) in [5, 5.41) is 11.1. The van der Waals surface area contributed by atoms with E-state index in [2.05, 4.69) is 17.9 Å². The topological polar surface area (TPSA) is 75.6 Å². The number of thiol groups is 1. The average Bonchev–Trinajstić information content (AvgIpc) is 2.08. The largest absolute Gasteiger partial charge is 0.481 e. The van der Waals surface area contributed by atoms with E-state index in [1.807, 2.05) is 0 Å². The highest BCUT2D eigenvalue weighted by molar-refractivity contribution is 7.80. The lowest BCUT2D eigenvalue weighted by atomic mass is 10.2. The molecule has 94 valence electrons. The average molecular weight is 249 g/mol. The van der Waals surface area contributed by atoms with Gasteiger partial charge in [-0.1, -0.05) is 0 Å². The van der Waals surface area contributed by atoms with Crippen molar-refractivity contribution in [1.29, 1.82) is 0 Å². The van der Waals surface area contributed by atoms with Gasteiger partial charge in [-0.15, -0.1) is 0 Å². The van der Waals surface area contributed by atoms with Crippen LogP contribution < -0.4 is 5.32 Å². The number of carbonyl (C=O) groups is 2. The van der Waals surface area contributed by atoms with E-state index in [-0.39, 0.29) is 12.5 Å². The number of hydrogen-bond acceptors (Lipinski definition) is 4. The second-order valence-corrected chi connectivity index (χ2v) is 4.82. The molecule has 5 nitrogen and oxygen atoms in total. The molecule has 0 heterocycles. The van der Waals surface area contributed by atoms with Gasteiger partial charge in [-0.05, 0) is 27.2 Å². The molecule has 0 rings (SSSR count). The molecule has 0 aromatic carbocycles. The Balaban J connectivity index is 4.02. The number of aliphatic carboxylic acids is 1. The molecular formula is C10H19NO4S. The highest BCUT2D eigenvalue weighted by atomic mass is 32.1. The molecule has 0 aliphatic carbocycles. The van der Waals surface area contributed by atoms with Crippen molar-refractivity contribution in [2.24, 2.45) is 0 Å². The third-order valence-electron chi connectivity index (χ3n) is 1.65. The van der Waals surface area contributed by atoms with Gasteiger partial charge < -0.3 is 15.2 Å². The van der Waals surface area contributed by atoms with E-state index in [0.29, 0.717) is 12.2 Å². The van der Waals surface area contributed by atoms with Gasteiger partial charge in [0.15, 0.2) is 0 Å². The molecule has 0 bridgehead atoms. The third-order valence-corrected chi connectivity index (χ3v) is 2.09. The first-order valence-corrected chi connectivity index (χ1v) is 5.70. The number of ether oxygens (including phenoxy) is 1. The van der Waals surface area contributed by atoms with Crippen LogP contribution in [0, 0.1) is 0 Å². The Kier molecular flexibility index (Phi) is 6.25. The van der Waals surface area contributed by atoms with Crippen LogP contribution in [0.1, 0.15) is 33.6 Å². The van der Waals surface area contributed by atoms with Crippen LogP contribution in [0.25, 0.3) is 0 Å². The van der Waals surface area contributed by atoms with E-state index in [9.17, 15) is 9.59 Å². The first kappa shape index (κ1) is 15.1. The second-order valence-electron chi connectivity index (χ2n) is 4.46. The number of nitrogens with one attached hydrogen (secondary N) is 1. The Bertz CT molecular complexity index is 250. The molecule has 2 N–H and O–H groups in total. The van der Waals surface area contributed by atoms with Crippen LogP contribution in [0.3, 0.4) is 0 Å². The Hall–Kier alpha value is -0.910. The Morgan fingerprint density at radius 1 is 1.44 bits per heavy atom. The number of alkyl carbamates (subject to hydrolysis) is 1. The van der Waals surface area contributed by atoms with Gasteiger partial charge in [0.25, 0.3) is 0 Å². The molecule has 1 atom stereocenters. The summed E-state index contributed by atoms with van der Waals surface area (Å²) in [5.74, 6) is -0.509. The van der Waals surface area contributed by atoms with E-state index < -0.39 is 17.7 Å². The summed E-state index contributed by atoms with van der Waals surface area (Å²) in [5.41, 5.74) is -0.558. The Morgan fingerprint density at radius 2 is 2.00 bits per heavy atom. The number of rotatable bonds is 5. The molecule has 0 radical (unpaired) electrons. The first-order valence-electron chi connectivity index (χ1n) is 5.07. The molecule has 0 saturated carbocycles. The van der Waals surface area contributed by atoms with Crippen LogP contribution in [0.4, 0.5) is 4.79 Å². The molecule has 0 unspecified atom stereocenters. The van der Waals surface area contributed by atoms with Crippen LogP contribution in [-0.2, 0) is 9.53 Å². The summed E-state index contributed by atoms with van der Waals surface area (Å²) in [6.07, 6.45) is -0.198. The van der Waals surface area contributed by atoms with E-state index in [1.54, 1.807) is 20.8 Å². The number of carboxylic acid groups (broad SMARTS) is 1. The maximum Gasteiger partial charge on any atom is 0.407 e. The van der Waals surface area contributed by atoms with E-state index in [4.69, 9.17) is 9.84 Å². The van der Waals surface area contributed by atoms with Gasteiger partial charge in [-0.25, -0.2) is 4.79 Å². The summed E-state index contributed by atoms with van der Waals surface area (Å²) in [7, 11) is 0. The van der Waals surface area contributed by atoms with Crippen LogP contribution in [0.5, 0.6) is 0 Å². The van der Waals surface area contributed by atoms with E-state index in [0.717, 1.165) is 0 Å². The van der Waals surface area contributed by atoms with E-state index in [1.165, 1.54) is 0 Å². The summed E-state index contributed by atoms with van der Waals surface area (Å²) < 4.78 is 5.05. The summed E-state index contributed by atoms with van der Waals surface area (Å²) in [6.45, 7) is 5.29. The molecule has 0 aliphatic rings. The first-order chi connectivity index (χ1) is 7.24. The lowest BCUT2D eigenvalue weighted by Crippen LogP contribution is -2.40.